The average Bonchev–Trinajstić information content (AvgIpc) is 3.18. The highest BCUT2D eigenvalue weighted by Crippen LogP contribution is 2.38. The summed E-state index contributed by atoms with van der Waals surface area (Å²) in [6, 6.07) is 11.2. The third-order valence-corrected chi connectivity index (χ3v) is 5.56. The number of rotatable bonds is 6. The molecule has 112 valence electrons. The van der Waals surface area contributed by atoms with E-state index in [-0.39, 0.29) is 6.04 Å². The largest absolute Gasteiger partial charge is 0.329 e. The van der Waals surface area contributed by atoms with Gasteiger partial charge in [-0.25, -0.2) is 0 Å². The van der Waals surface area contributed by atoms with E-state index in [0.29, 0.717) is 12.6 Å². The number of hydrogen-bond acceptors (Lipinski definition) is 3. The van der Waals surface area contributed by atoms with Gasteiger partial charge >= 0.3 is 0 Å². The molecule has 0 amide bonds. The molecule has 1 atom stereocenters. The minimum atomic E-state index is 0.181. The Hall–Kier alpha value is -0.390. The molecular weight excluding hydrogens is 368 g/mol. The second-order valence-corrected chi connectivity index (χ2v) is 7.76. The first-order chi connectivity index (χ1) is 10.2. The molecule has 1 fully saturated rings. The fraction of sp³-hybridized carbons (Fsp3) is 0.375. The van der Waals surface area contributed by atoms with Crippen molar-refractivity contribution in [2.24, 2.45) is 5.73 Å². The number of hydrogen-bond donors (Lipinski definition) is 1. The van der Waals surface area contributed by atoms with E-state index < -0.39 is 0 Å². The van der Waals surface area contributed by atoms with E-state index in [1.807, 2.05) is 12.1 Å². The summed E-state index contributed by atoms with van der Waals surface area (Å²) in [4.78, 5) is 3.90. The average molecular weight is 386 g/mol. The Kier molecular flexibility index (Phi) is 5.02. The van der Waals surface area contributed by atoms with E-state index in [2.05, 4.69) is 44.4 Å². The Morgan fingerprint density at radius 2 is 2.19 bits per heavy atom. The van der Waals surface area contributed by atoms with Crippen LogP contribution in [0, 0.1) is 0 Å². The van der Waals surface area contributed by atoms with Crippen LogP contribution in [0.15, 0.2) is 40.2 Å². The first-order valence-corrected chi connectivity index (χ1v) is 9.17. The molecule has 0 bridgehead atoms. The van der Waals surface area contributed by atoms with Gasteiger partial charge in [-0.15, -0.1) is 11.3 Å². The summed E-state index contributed by atoms with van der Waals surface area (Å²) in [5.74, 6) is 0. The molecular formula is C16H18BrClN2S. The van der Waals surface area contributed by atoms with Crippen molar-refractivity contribution in [3.63, 3.8) is 0 Å². The second-order valence-electron chi connectivity index (χ2n) is 5.40. The van der Waals surface area contributed by atoms with Crippen LogP contribution >= 0.6 is 38.9 Å². The normalized spacial score (nSPS) is 16.4. The highest BCUT2D eigenvalue weighted by atomic mass is 79.9. The van der Waals surface area contributed by atoms with Crippen molar-refractivity contribution in [2.45, 2.75) is 31.5 Å². The van der Waals surface area contributed by atoms with Crippen molar-refractivity contribution >= 4 is 38.9 Å². The van der Waals surface area contributed by atoms with Gasteiger partial charge in [-0.3, -0.25) is 4.90 Å². The van der Waals surface area contributed by atoms with Crippen LogP contribution in [0.2, 0.25) is 5.02 Å². The SMILES string of the molecule is NCC(c1ccc(Br)cc1Cl)N(Cc1cccs1)C1CC1. The van der Waals surface area contributed by atoms with E-state index in [4.69, 9.17) is 17.3 Å². The monoisotopic (exact) mass is 384 g/mol. The van der Waals surface area contributed by atoms with E-state index in [0.717, 1.165) is 21.6 Å². The van der Waals surface area contributed by atoms with E-state index in [1.54, 1.807) is 11.3 Å². The number of thiophene rings is 1. The Labute approximate surface area is 143 Å². The summed E-state index contributed by atoms with van der Waals surface area (Å²) in [7, 11) is 0. The zero-order valence-corrected chi connectivity index (χ0v) is 14.8. The van der Waals surface area contributed by atoms with Crippen molar-refractivity contribution in [2.75, 3.05) is 6.54 Å². The maximum absolute atomic E-state index is 6.44. The molecule has 21 heavy (non-hydrogen) atoms. The molecule has 0 saturated heterocycles. The van der Waals surface area contributed by atoms with Crippen LogP contribution in [0.5, 0.6) is 0 Å². The first-order valence-electron chi connectivity index (χ1n) is 7.12. The molecule has 2 nitrogen and oxygen atoms in total. The maximum Gasteiger partial charge on any atom is 0.0492 e. The third-order valence-electron chi connectivity index (χ3n) is 3.88. The Balaban J connectivity index is 1.88. The molecule has 5 heteroatoms. The highest BCUT2D eigenvalue weighted by Gasteiger charge is 2.35. The molecule has 0 aliphatic heterocycles. The fourth-order valence-electron chi connectivity index (χ4n) is 2.70. The van der Waals surface area contributed by atoms with Crippen LogP contribution in [-0.4, -0.2) is 17.5 Å². The Morgan fingerprint density at radius 1 is 1.38 bits per heavy atom. The van der Waals surface area contributed by atoms with Gasteiger partial charge in [0, 0.05) is 39.5 Å². The lowest BCUT2D eigenvalue weighted by Gasteiger charge is -2.31. The lowest BCUT2D eigenvalue weighted by Crippen LogP contribution is -2.35. The molecule has 0 spiro atoms. The Bertz CT molecular complexity index is 598. The zero-order valence-electron chi connectivity index (χ0n) is 11.6. The molecule has 1 unspecified atom stereocenters. The van der Waals surface area contributed by atoms with Gasteiger partial charge in [0.2, 0.25) is 0 Å². The van der Waals surface area contributed by atoms with Crippen molar-refractivity contribution in [1.82, 2.24) is 4.90 Å². The summed E-state index contributed by atoms with van der Waals surface area (Å²) in [6.45, 7) is 1.54. The highest BCUT2D eigenvalue weighted by molar-refractivity contribution is 9.10. The first kappa shape index (κ1) is 15.5. The summed E-state index contributed by atoms with van der Waals surface area (Å²) < 4.78 is 1.00. The van der Waals surface area contributed by atoms with Gasteiger partial charge in [-0.05, 0) is 42.0 Å². The maximum atomic E-state index is 6.44. The molecule has 2 N–H and O–H groups in total. The van der Waals surface area contributed by atoms with Crippen molar-refractivity contribution < 1.29 is 0 Å². The summed E-state index contributed by atoms with van der Waals surface area (Å²) in [5.41, 5.74) is 7.23. The second kappa shape index (κ2) is 6.80. The third kappa shape index (κ3) is 3.69. The molecule has 1 aromatic heterocycles. The summed E-state index contributed by atoms with van der Waals surface area (Å²) >= 11 is 11.7. The minimum absolute atomic E-state index is 0.181. The lowest BCUT2D eigenvalue weighted by molar-refractivity contribution is 0.184. The Morgan fingerprint density at radius 3 is 2.76 bits per heavy atom. The summed E-state index contributed by atoms with van der Waals surface area (Å²) in [5, 5.41) is 2.92. The van der Waals surface area contributed by atoms with Crippen molar-refractivity contribution in [1.29, 1.82) is 0 Å². The van der Waals surface area contributed by atoms with Crippen molar-refractivity contribution in [3.05, 3.63) is 55.6 Å². The molecule has 1 aromatic carbocycles. The predicted molar refractivity (Wildman–Crippen MR) is 93.8 cm³/mol. The molecule has 3 rings (SSSR count). The topological polar surface area (TPSA) is 29.3 Å². The van der Waals surface area contributed by atoms with Gasteiger partial charge in [0.25, 0.3) is 0 Å². The molecule has 2 aromatic rings. The van der Waals surface area contributed by atoms with Gasteiger partial charge in [-0.1, -0.05) is 39.7 Å². The molecule has 1 heterocycles. The van der Waals surface area contributed by atoms with Gasteiger partial charge in [-0.2, -0.15) is 0 Å². The van der Waals surface area contributed by atoms with Crippen LogP contribution in [0.25, 0.3) is 0 Å². The number of nitrogens with zero attached hydrogens (tertiary/aromatic N) is 1. The minimum Gasteiger partial charge on any atom is -0.329 e. The standard InChI is InChI=1S/C16H18BrClN2S/c17-11-3-6-14(15(18)8-11)16(9-19)20(12-4-5-12)10-13-2-1-7-21-13/h1-3,6-8,12,16H,4-5,9-10,19H2. The number of halogens is 2. The summed E-state index contributed by atoms with van der Waals surface area (Å²) in [6.07, 6.45) is 2.52. The smallest absolute Gasteiger partial charge is 0.0492 e. The van der Waals surface area contributed by atoms with Gasteiger partial charge in [0.1, 0.15) is 0 Å². The molecule has 1 aliphatic rings. The lowest BCUT2D eigenvalue weighted by atomic mass is 10.0. The molecule has 1 aliphatic carbocycles. The zero-order chi connectivity index (χ0) is 14.8. The van der Waals surface area contributed by atoms with Crippen LogP contribution in [0.4, 0.5) is 0 Å². The van der Waals surface area contributed by atoms with Gasteiger partial charge in [0.15, 0.2) is 0 Å². The fourth-order valence-corrected chi connectivity index (χ4v) is 4.21. The van der Waals surface area contributed by atoms with Crippen LogP contribution in [0.3, 0.4) is 0 Å². The van der Waals surface area contributed by atoms with Crippen LogP contribution in [-0.2, 0) is 6.54 Å². The van der Waals surface area contributed by atoms with E-state index in [1.165, 1.54) is 17.7 Å². The number of nitrogens with two attached hydrogens (primary N) is 1. The van der Waals surface area contributed by atoms with Gasteiger partial charge in [0.05, 0.1) is 0 Å². The number of benzene rings is 1. The quantitative estimate of drug-likeness (QED) is 0.771. The van der Waals surface area contributed by atoms with Crippen LogP contribution < -0.4 is 5.73 Å². The van der Waals surface area contributed by atoms with Gasteiger partial charge < -0.3 is 5.73 Å². The van der Waals surface area contributed by atoms with Crippen LogP contribution in [0.1, 0.15) is 29.3 Å². The predicted octanol–water partition coefficient (Wildman–Crippen LogP) is 4.83. The van der Waals surface area contributed by atoms with E-state index >= 15 is 0 Å². The van der Waals surface area contributed by atoms with Crippen molar-refractivity contribution in [3.8, 4) is 0 Å². The molecule has 1 saturated carbocycles. The van der Waals surface area contributed by atoms with E-state index in [9.17, 15) is 0 Å². The molecule has 0 radical (unpaired) electrons.